The van der Waals surface area contributed by atoms with E-state index in [1.54, 1.807) is 0 Å². The first-order valence-electron chi connectivity index (χ1n) is 6.28. The maximum atomic E-state index is 5.54. The number of ether oxygens (including phenoxy) is 1. The van der Waals surface area contributed by atoms with Gasteiger partial charge in [0.15, 0.2) is 5.82 Å². The standard InChI is InChI=1S/C12H20N4O/c1-2-17-8-11-14-10-7-5-3-4-6-9(10)12(15-11)16-13/h2-8,13H2,1H3,(H,14,15,16). The normalized spacial score (nSPS) is 15.2. The van der Waals surface area contributed by atoms with E-state index in [0.717, 1.165) is 30.2 Å². The van der Waals surface area contributed by atoms with Gasteiger partial charge in [0.2, 0.25) is 0 Å². The Bertz CT molecular complexity index is 381. The Morgan fingerprint density at radius 1 is 1.24 bits per heavy atom. The van der Waals surface area contributed by atoms with Gasteiger partial charge >= 0.3 is 0 Å². The Kier molecular flexibility index (Phi) is 4.28. The number of fused-ring (bicyclic) bond motifs is 1. The number of nitrogen functional groups attached to an aromatic ring is 1. The zero-order chi connectivity index (χ0) is 12.1. The molecule has 1 aliphatic carbocycles. The van der Waals surface area contributed by atoms with Crippen molar-refractivity contribution in [3.63, 3.8) is 0 Å². The fourth-order valence-corrected chi connectivity index (χ4v) is 2.20. The highest BCUT2D eigenvalue weighted by atomic mass is 16.5. The molecule has 94 valence electrons. The molecule has 0 atom stereocenters. The van der Waals surface area contributed by atoms with Crippen LogP contribution in [0.4, 0.5) is 5.82 Å². The first-order chi connectivity index (χ1) is 8.35. The van der Waals surface area contributed by atoms with Crippen molar-refractivity contribution >= 4 is 5.82 Å². The summed E-state index contributed by atoms with van der Waals surface area (Å²) in [4.78, 5) is 9.00. The highest BCUT2D eigenvalue weighted by molar-refractivity contribution is 5.46. The first kappa shape index (κ1) is 12.3. The minimum Gasteiger partial charge on any atom is -0.374 e. The second-order valence-electron chi connectivity index (χ2n) is 4.26. The molecule has 0 unspecified atom stereocenters. The van der Waals surface area contributed by atoms with Crippen molar-refractivity contribution in [3.8, 4) is 0 Å². The molecule has 2 rings (SSSR count). The molecular formula is C12H20N4O. The van der Waals surface area contributed by atoms with Gasteiger partial charge in [-0.15, -0.1) is 0 Å². The van der Waals surface area contributed by atoms with Gasteiger partial charge in [0, 0.05) is 17.9 Å². The smallest absolute Gasteiger partial charge is 0.156 e. The molecule has 1 aromatic rings. The Labute approximate surface area is 102 Å². The third-order valence-corrected chi connectivity index (χ3v) is 3.05. The predicted octanol–water partition coefficient (Wildman–Crippen LogP) is 1.57. The van der Waals surface area contributed by atoms with Gasteiger partial charge in [0.25, 0.3) is 0 Å². The lowest BCUT2D eigenvalue weighted by atomic mass is 10.1. The van der Waals surface area contributed by atoms with Gasteiger partial charge in [0.05, 0.1) is 0 Å². The molecular weight excluding hydrogens is 216 g/mol. The number of nitrogens with one attached hydrogen (secondary N) is 1. The summed E-state index contributed by atoms with van der Waals surface area (Å²) in [6.45, 7) is 3.09. The topological polar surface area (TPSA) is 73.1 Å². The van der Waals surface area contributed by atoms with Gasteiger partial charge in [-0.3, -0.25) is 0 Å². The molecule has 5 nitrogen and oxygen atoms in total. The summed E-state index contributed by atoms with van der Waals surface area (Å²) < 4.78 is 5.35. The van der Waals surface area contributed by atoms with E-state index in [2.05, 4.69) is 15.4 Å². The number of anilines is 1. The van der Waals surface area contributed by atoms with E-state index < -0.39 is 0 Å². The molecule has 0 spiro atoms. The summed E-state index contributed by atoms with van der Waals surface area (Å²) in [5.41, 5.74) is 5.02. The van der Waals surface area contributed by atoms with Crippen LogP contribution in [-0.2, 0) is 24.2 Å². The maximum absolute atomic E-state index is 5.54. The van der Waals surface area contributed by atoms with Crippen LogP contribution in [0.5, 0.6) is 0 Å². The van der Waals surface area contributed by atoms with Crippen LogP contribution in [-0.4, -0.2) is 16.6 Å². The number of hydrazine groups is 1. The number of hydrogen-bond acceptors (Lipinski definition) is 5. The maximum Gasteiger partial charge on any atom is 0.156 e. The van der Waals surface area contributed by atoms with E-state index >= 15 is 0 Å². The van der Waals surface area contributed by atoms with Gasteiger partial charge in [-0.25, -0.2) is 15.8 Å². The molecule has 0 saturated heterocycles. The fourth-order valence-electron chi connectivity index (χ4n) is 2.20. The van der Waals surface area contributed by atoms with Gasteiger partial charge in [0.1, 0.15) is 12.4 Å². The number of nitrogens with two attached hydrogens (primary N) is 1. The molecule has 5 heteroatoms. The van der Waals surface area contributed by atoms with Gasteiger partial charge < -0.3 is 10.2 Å². The number of aromatic nitrogens is 2. The molecule has 0 radical (unpaired) electrons. The molecule has 0 fully saturated rings. The van der Waals surface area contributed by atoms with Crippen molar-refractivity contribution in [3.05, 3.63) is 17.1 Å². The van der Waals surface area contributed by atoms with Gasteiger partial charge in [-0.05, 0) is 32.6 Å². The van der Waals surface area contributed by atoms with E-state index in [1.165, 1.54) is 24.8 Å². The Balaban J connectivity index is 2.29. The molecule has 0 saturated carbocycles. The second-order valence-corrected chi connectivity index (χ2v) is 4.26. The van der Waals surface area contributed by atoms with Crippen molar-refractivity contribution in [1.82, 2.24) is 9.97 Å². The lowest BCUT2D eigenvalue weighted by Crippen LogP contribution is -2.16. The summed E-state index contributed by atoms with van der Waals surface area (Å²) >= 11 is 0. The lowest BCUT2D eigenvalue weighted by molar-refractivity contribution is 0.128. The SMILES string of the molecule is CCOCc1nc2c(c(NN)n1)CCCCC2. The number of hydrogen-bond donors (Lipinski definition) is 2. The minimum atomic E-state index is 0.457. The third-order valence-electron chi connectivity index (χ3n) is 3.05. The highest BCUT2D eigenvalue weighted by Crippen LogP contribution is 2.24. The van der Waals surface area contributed by atoms with E-state index in [1.807, 2.05) is 6.92 Å². The fraction of sp³-hybridized carbons (Fsp3) is 0.667. The second kappa shape index (κ2) is 5.93. The molecule has 17 heavy (non-hydrogen) atoms. The zero-order valence-corrected chi connectivity index (χ0v) is 10.3. The van der Waals surface area contributed by atoms with Crippen molar-refractivity contribution in [2.45, 2.75) is 45.6 Å². The van der Waals surface area contributed by atoms with Crippen molar-refractivity contribution in [1.29, 1.82) is 0 Å². The van der Waals surface area contributed by atoms with E-state index in [4.69, 9.17) is 10.6 Å². The Morgan fingerprint density at radius 3 is 2.82 bits per heavy atom. The first-order valence-corrected chi connectivity index (χ1v) is 6.28. The van der Waals surface area contributed by atoms with Gasteiger partial charge in [-0.2, -0.15) is 0 Å². The monoisotopic (exact) mass is 236 g/mol. The predicted molar refractivity (Wildman–Crippen MR) is 66.4 cm³/mol. The molecule has 3 N–H and O–H groups in total. The van der Waals surface area contributed by atoms with Gasteiger partial charge in [-0.1, -0.05) is 6.42 Å². The van der Waals surface area contributed by atoms with Crippen molar-refractivity contribution < 1.29 is 4.74 Å². The largest absolute Gasteiger partial charge is 0.374 e. The lowest BCUT2D eigenvalue weighted by Gasteiger charge is -2.12. The van der Waals surface area contributed by atoms with Crippen molar-refractivity contribution in [2.24, 2.45) is 5.84 Å². The van der Waals surface area contributed by atoms with Crippen molar-refractivity contribution in [2.75, 3.05) is 12.0 Å². The summed E-state index contributed by atoms with van der Waals surface area (Å²) in [5, 5.41) is 0. The minimum absolute atomic E-state index is 0.457. The number of aryl methyl sites for hydroxylation is 1. The molecule has 0 bridgehead atoms. The average Bonchev–Trinajstić information content (AvgIpc) is 2.60. The molecule has 1 heterocycles. The Morgan fingerprint density at radius 2 is 2.06 bits per heavy atom. The number of nitrogens with zero attached hydrogens (tertiary/aromatic N) is 2. The van der Waals surface area contributed by atoms with E-state index in [0.29, 0.717) is 13.2 Å². The highest BCUT2D eigenvalue weighted by Gasteiger charge is 2.16. The summed E-state index contributed by atoms with van der Waals surface area (Å²) in [6.07, 6.45) is 5.68. The van der Waals surface area contributed by atoms with Crippen LogP contribution in [0.15, 0.2) is 0 Å². The summed E-state index contributed by atoms with van der Waals surface area (Å²) in [6, 6.07) is 0. The quantitative estimate of drug-likeness (QED) is 0.471. The Hall–Kier alpha value is -1.20. The number of rotatable bonds is 4. The van der Waals surface area contributed by atoms with Crippen LogP contribution in [0.3, 0.4) is 0 Å². The summed E-state index contributed by atoms with van der Waals surface area (Å²) in [5.74, 6) is 7.03. The molecule has 0 aromatic carbocycles. The molecule has 0 amide bonds. The van der Waals surface area contributed by atoms with Crippen LogP contribution < -0.4 is 11.3 Å². The van der Waals surface area contributed by atoms with E-state index in [9.17, 15) is 0 Å². The summed E-state index contributed by atoms with van der Waals surface area (Å²) in [7, 11) is 0. The van der Waals surface area contributed by atoms with Crippen LogP contribution in [0.1, 0.15) is 43.3 Å². The average molecular weight is 236 g/mol. The molecule has 1 aromatic heterocycles. The zero-order valence-electron chi connectivity index (χ0n) is 10.3. The van der Waals surface area contributed by atoms with Crippen LogP contribution in [0.25, 0.3) is 0 Å². The molecule has 1 aliphatic rings. The van der Waals surface area contributed by atoms with E-state index in [-0.39, 0.29) is 0 Å². The van der Waals surface area contributed by atoms with Crippen LogP contribution in [0, 0.1) is 0 Å². The van der Waals surface area contributed by atoms with Crippen LogP contribution in [0.2, 0.25) is 0 Å². The molecule has 0 aliphatic heterocycles. The third kappa shape index (κ3) is 2.92. The van der Waals surface area contributed by atoms with Crippen LogP contribution >= 0.6 is 0 Å².